The van der Waals surface area contributed by atoms with Crippen molar-refractivity contribution in [2.24, 2.45) is 0 Å². The van der Waals surface area contributed by atoms with Crippen LogP contribution in [0, 0.1) is 0 Å². The molecule has 0 aliphatic carbocycles. The van der Waals surface area contributed by atoms with E-state index < -0.39 is 10.0 Å². The molecule has 0 saturated heterocycles. The van der Waals surface area contributed by atoms with E-state index in [0.717, 1.165) is 12.1 Å². The number of ether oxygens (including phenoxy) is 1. The third-order valence-corrected chi connectivity index (χ3v) is 6.43. The third-order valence-electron chi connectivity index (χ3n) is 4.12. The van der Waals surface area contributed by atoms with Gasteiger partial charge in [0.1, 0.15) is 4.90 Å². The highest BCUT2D eigenvalue weighted by molar-refractivity contribution is 7.89. The number of aromatic nitrogens is 1. The molecule has 7 heteroatoms. The zero-order valence-corrected chi connectivity index (χ0v) is 14.4. The van der Waals surface area contributed by atoms with Crippen LogP contribution in [0.3, 0.4) is 0 Å². The lowest BCUT2D eigenvalue weighted by Gasteiger charge is -2.34. The van der Waals surface area contributed by atoms with Gasteiger partial charge in [0.25, 0.3) is 0 Å². The van der Waals surface area contributed by atoms with E-state index in [2.05, 4.69) is 4.57 Å². The monoisotopic (exact) mass is 354 g/mol. The fraction of sp³-hybridized carbons (Fsp3) is 0.375. The maximum atomic E-state index is 13.0. The first-order valence-electron chi connectivity index (χ1n) is 7.43. The highest BCUT2D eigenvalue weighted by atomic mass is 35.5. The maximum Gasteiger partial charge on any atom is 0.244 e. The van der Waals surface area contributed by atoms with Crippen LogP contribution in [-0.2, 0) is 21.3 Å². The van der Waals surface area contributed by atoms with Crippen molar-refractivity contribution in [2.75, 3.05) is 20.3 Å². The number of fused-ring (bicyclic) bond motifs is 1. The van der Waals surface area contributed by atoms with Crippen LogP contribution in [0.1, 0.15) is 18.2 Å². The largest absolute Gasteiger partial charge is 0.385 e. The molecular formula is C16H19ClN2O3S. The Bertz CT molecular complexity index is 788. The summed E-state index contributed by atoms with van der Waals surface area (Å²) in [4.78, 5) is 0.159. The Hall–Kier alpha value is -1.34. The number of sulfonamides is 1. The van der Waals surface area contributed by atoms with Crippen LogP contribution in [0.4, 0.5) is 0 Å². The molecule has 0 bridgehead atoms. The van der Waals surface area contributed by atoms with Gasteiger partial charge in [-0.15, -0.1) is 0 Å². The predicted molar refractivity (Wildman–Crippen MR) is 89.0 cm³/mol. The summed E-state index contributed by atoms with van der Waals surface area (Å²) in [6, 6.07) is 10.5. The van der Waals surface area contributed by atoms with Crippen molar-refractivity contribution in [3.8, 4) is 0 Å². The number of benzene rings is 1. The summed E-state index contributed by atoms with van der Waals surface area (Å²) < 4.78 is 34.7. The zero-order valence-electron chi connectivity index (χ0n) is 12.9. The predicted octanol–water partition coefficient (Wildman–Crippen LogP) is 2.92. The van der Waals surface area contributed by atoms with Gasteiger partial charge >= 0.3 is 0 Å². The number of nitrogens with zero attached hydrogens (tertiary/aromatic N) is 2. The summed E-state index contributed by atoms with van der Waals surface area (Å²) in [7, 11) is -1.97. The molecule has 0 radical (unpaired) electrons. The van der Waals surface area contributed by atoms with Crippen molar-refractivity contribution < 1.29 is 13.2 Å². The molecule has 1 aliphatic rings. The van der Waals surface area contributed by atoms with Crippen molar-refractivity contribution >= 4 is 21.6 Å². The highest BCUT2D eigenvalue weighted by Gasteiger charge is 2.33. The first-order valence-corrected chi connectivity index (χ1v) is 9.25. The minimum atomic E-state index is -3.62. The number of hydrogen-bond donors (Lipinski definition) is 0. The molecule has 1 aliphatic heterocycles. The van der Waals surface area contributed by atoms with Gasteiger partial charge in [0.15, 0.2) is 0 Å². The number of hydrogen-bond acceptors (Lipinski definition) is 3. The second-order valence-corrected chi connectivity index (χ2v) is 7.88. The molecule has 0 fully saturated rings. The van der Waals surface area contributed by atoms with Crippen molar-refractivity contribution in [3.63, 3.8) is 0 Å². The summed E-state index contributed by atoms with van der Waals surface area (Å²) in [5, 5.41) is 0.252. The summed E-state index contributed by atoms with van der Waals surface area (Å²) in [5.41, 5.74) is 0.980. The first-order chi connectivity index (χ1) is 11.0. The first kappa shape index (κ1) is 16.5. The van der Waals surface area contributed by atoms with Crippen LogP contribution in [0.25, 0.3) is 0 Å². The van der Waals surface area contributed by atoms with Gasteiger partial charge in [-0.2, -0.15) is 4.31 Å². The number of halogens is 1. The Morgan fingerprint density at radius 1 is 1.26 bits per heavy atom. The van der Waals surface area contributed by atoms with E-state index >= 15 is 0 Å². The maximum absolute atomic E-state index is 13.0. The van der Waals surface area contributed by atoms with E-state index in [9.17, 15) is 8.42 Å². The molecular weight excluding hydrogens is 336 g/mol. The standard InChI is InChI=1S/C16H19ClN2O3S/c1-22-10-8-14-12-18(11-13-5-4-9-19(13)14)23(20,21)16-7-3-2-6-15(16)17/h2-7,9,14H,8,10-12H2,1H3. The smallest absolute Gasteiger partial charge is 0.244 e. The zero-order chi connectivity index (χ0) is 16.4. The lowest BCUT2D eigenvalue weighted by Crippen LogP contribution is -2.41. The fourth-order valence-corrected chi connectivity index (χ4v) is 4.89. The van der Waals surface area contributed by atoms with Crippen LogP contribution >= 0.6 is 11.6 Å². The quantitative estimate of drug-likeness (QED) is 0.829. The van der Waals surface area contributed by atoms with Crippen LogP contribution in [0.5, 0.6) is 0 Å². The van der Waals surface area contributed by atoms with Gasteiger partial charge in [-0.25, -0.2) is 8.42 Å². The molecule has 1 atom stereocenters. The second-order valence-electron chi connectivity index (χ2n) is 5.57. The van der Waals surface area contributed by atoms with Crippen molar-refractivity contribution in [3.05, 3.63) is 53.3 Å². The van der Waals surface area contributed by atoms with Crippen molar-refractivity contribution in [2.45, 2.75) is 23.9 Å². The van der Waals surface area contributed by atoms with Crippen LogP contribution in [0.2, 0.25) is 5.02 Å². The molecule has 0 spiro atoms. The second kappa shape index (κ2) is 6.65. The topological polar surface area (TPSA) is 51.5 Å². The molecule has 1 aromatic carbocycles. The Balaban J connectivity index is 1.94. The van der Waals surface area contributed by atoms with Gasteiger partial charge < -0.3 is 9.30 Å². The number of methoxy groups -OCH3 is 1. The highest BCUT2D eigenvalue weighted by Crippen LogP contribution is 2.31. The SMILES string of the molecule is COCCC1CN(S(=O)(=O)c2ccccc2Cl)Cc2cccn21. The molecule has 1 unspecified atom stereocenters. The van der Waals surface area contributed by atoms with E-state index in [4.69, 9.17) is 16.3 Å². The van der Waals surface area contributed by atoms with Gasteiger partial charge in [0.05, 0.1) is 11.6 Å². The average Bonchev–Trinajstić information content (AvgIpc) is 3.01. The van der Waals surface area contributed by atoms with Gasteiger partial charge in [-0.05, 0) is 30.7 Å². The summed E-state index contributed by atoms with van der Waals surface area (Å²) in [6.07, 6.45) is 2.75. The molecule has 0 N–H and O–H groups in total. The summed E-state index contributed by atoms with van der Waals surface area (Å²) >= 11 is 6.10. The molecule has 0 saturated carbocycles. The lowest BCUT2D eigenvalue weighted by molar-refractivity contribution is 0.162. The fourth-order valence-electron chi connectivity index (χ4n) is 2.95. The van der Waals surface area contributed by atoms with E-state index in [-0.39, 0.29) is 16.0 Å². The molecule has 0 amide bonds. The molecule has 3 rings (SSSR count). The minimum Gasteiger partial charge on any atom is -0.385 e. The van der Waals surface area contributed by atoms with Gasteiger partial charge in [-0.1, -0.05) is 23.7 Å². The Kier molecular flexibility index (Phi) is 4.77. The molecule has 1 aromatic heterocycles. The Morgan fingerprint density at radius 3 is 2.78 bits per heavy atom. The molecule has 5 nitrogen and oxygen atoms in total. The summed E-state index contributed by atoms with van der Waals surface area (Å²) in [5.74, 6) is 0. The third kappa shape index (κ3) is 3.17. The van der Waals surface area contributed by atoms with E-state index in [1.165, 1.54) is 4.31 Å². The molecule has 2 heterocycles. The van der Waals surface area contributed by atoms with E-state index in [0.29, 0.717) is 19.7 Å². The summed E-state index contributed by atoms with van der Waals surface area (Å²) in [6.45, 7) is 1.35. The Labute approximate surface area is 141 Å². The molecule has 124 valence electrons. The van der Waals surface area contributed by atoms with E-state index in [1.807, 2.05) is 18.3 Å². The number of rotatable bonds is 5. The lowest BCUT2D eigenvalue weighted by atomic mass is 10.1. The molecule has 23 heavy (non-hydrogen) atoms. The average molecular weight is 355 g/mol. The molecule has 2 aromatic rings. The Morgan fingerprint density at radius 2 is 2.04 bits per heavy atom. The van der Waals surface area contributed by atoms with Crippen LogP contribution in [-0.4, -0.2) is 37.6 Å². The van der Waals surface area contributed by atoms with E-state index in [1.54, 1.807) is 31.4 Å². The van der Waals surface area contributed by atoms with Gasteiger partial charge in [0, 0.05) is 38.2 Å². The van der Waals surface area contributed by atoms with Gasteiger partial charge in [0.2, 0.25) is 10.0 Å². The minimum absolute atomic E-state index is 0.0611. The normalized spacial score (nSPS) is 18.8. The van der Waals surface area contributed by atoms with Crippen molar-refractivity contribution in [1.82, 2.24) is 8.87 Å². The van der Waals surface area contributed by atoms with Crippen LogP contribution in [0.15, 0.2) is 47.5 Å². The van der Waals surface area contributed by atoms with Gasteiger partial charge in [-0.3, -0.25) is 0 Å². The van der Waals surface area contributed by atoms with Crippen molar-refractivity contribution in [1.29, 1.82) is 0 Å². The van der Waals surface area contributed by atoms with Crippen LogP contribution < -0.4 is 0 Å².